The van der Waals surface area contributed by atoms with Crippen LogP contribution in [-0.2, 0) is 16.6 Å². The zero-order valence-electron chi connectivity index (χ0n) is 12.6. The Morgan fingerprint density at radius 1 is 1.04 bits per heavy atom. The third-order valence-electron chi connectivity index (χ3n) is 4.20. The summed E-state index contributed by atoms with van der Waals surface area (Å²) >= 11 is 1.60. The standard InChI is InChI=1S/C18H17NO2S2/c20-23(21,18-8-5-15-3-1-2-4-16(15)11-18)19(17-6-7-17)12-14-9-10-22-13-14/h1-5,8-11,13,17H,6-7,12H2. The number of thiophene rings is 1. The van der Waals surface area contributed by atoms with E-state index in [9.17, 15) is 8.42 Å². The van der Waals surface area contributed by atoms with Gasteiger partial charge in [0, 0.05) is 12.6 Å². The van der Waals surface area contributed by atoms with Crippen LogP contribution in [0.3, 0.4) is 0 Å². The molecule has 23 heavy (non-hydrogen) atoms. The van der Waals surface area contributed by atoms with Crippen LogP contribution in [0.2, 0.25) is 0 Å². The van der Waals surface area contributed by atoms with E-state index in [4.69, 9.17) is 0 Å². The Hall–Kier alpha value is -1.69. The van der Waals surface area contributed by atoms with Crippen molar-refractivity contribution in [2.75, 3.05) is 0 Å². The largest absolute Gasteiger partial charge is 0.243 e. The summed E-state index contributed by atoms with van der Waals surface area (Å²) in [4.78, 5) is 0.387. The lowest BCUT2D eigenvalue weighted by Crippen LogP contribution is -2.32. The lowest BCUT2D eigenvalue weighted by molar-refractivity contribution is 0.399. The van der Waals surface area contributed by atoms with Gasteiger partial charge in [0.05, 0.1) is 4.90 Å². The monoisotopic (exact) mass is 343 g/mol. The van der Waals surface area contributed by atoms with E-state index in [1.54, 1.807) is 27.8 Å². The zero-order valence-corrected chi connectivity index (χ0v) is 14.2. The Labute approximate surface area is 140 Å². The van der Waals surface area contributed by atoms with E-state index in [0.717, 1.165) is 29.2 Å². The van der Waals surface area contributed by atoms with E-state index in [1.165, 1.54) is 0 Å². The molecule has 0 spiro atoms. The summed E-state index contributed by atoms with van der Waals surface area (Å²) < 4.78 is 27.9. The van der Waals surface area contributed by atoms with Crippen LogP contribution in [0, 0.1) is 0 Å². The molecule has 0 bridgehead atoms. The first-order valence-electron chi connectivity index (χ1n) is 7.66. The first kappa shape index (κ1) is 14.9. The number of nitrogens with zero attached hydrogens (tertiary/aromatic N) is 1. The normalized spacial score (nSPS) is 15.3. The van der Waals surface area contributed by atoms with Crippen molar-refractivity contribution < 1.29 is 8.42 Å². The maximum Gasteiger partial charge on any atom is 0.243 e. The fourth-order valence-corrected chi connectivity index (χ4v) is 5.17. The number of hydrogen-bond acceptors (Lipinski definition) is 3. The number of fused-ring (bicyclic) bond motifs is 1. The third kappa shape index (κ3) is 2.92. The quantitative estimate of drug-likeness (QED) is 0.694. The average molecular weight is 343 g/mol. The molecule has 3 aromatic rings. The van der Waals surface area contributed by atoms with E-state index in [2.05, 4.69) is 0 Å². The van der Waals surface area contributed by atoms with Crippen LogP contribution in [0.4, 0.5) is 0 Å². The minimum Gasteiger partial charge on any atom is -0.207 e. The SMILES string of the molecule is O=S(=O)(c1ccc2ccccc2c1)N(Cc1ccsc1)C1CC1. The summed E-state index contributed by atoms with van der Waals surface area (Å²) in [6.45, 7) is 0.462. The van der Waals surface area contributed by atoms with Gasteiger partial charge in [-0.1, -0.05) is 30.3 Å². The van der Waals surface area contributed by atoms with Crippen molar-refractivity contribution in [3.63, 3.8) is 0 Å². The Balaban J connectivity index is 1.73. The molecule has 1 aromatic heterocycles. The molecule has 2 aromatic carbocycles. The molecule has 1 heterocycles. The van der Waals surface area contributed by atoms with Crippen molar-refractivity contribution in [3.8, 4) is 0 Å². The minimum absolute atomic E-state index is 0.145. The molecule has 0 amide bonds. The van der Waals surface area contributed by atoms with E-state index in [-0.39, 0.29) is 6.04 Å². The summed E-state index contributed by atoms with van der Waals surface area (Å²) in [6.07, 6.45) is 1.91. The van der Waals surface area contributed by atoms with Gasteiger partial charge in [0.2, 0.25) is 10.0 Å². The molecule has 118 valence electrons. The Kier molecular flexibility index (Phi) is 3.71. The van der Waals surface area contributed by atoms with Crippen molar-refractivity contribution in [1.82, 2.24) is 4.31 Å². The smallest absolute Gasteiger partial charge is 0.207 e. The predicted molar refractivity (Wildman–Crippen MR) is 94.0 cm³/mol. The summed E-state index contributed by atoms with van der Waals surface area (Å²) in [7, 11) is -3.47. The van der Waals surface area contributed by atoms with E-state index in [1.807, 2.05) is 47.2 Å². The number of hydrogen-bond donors (Lipinski definition) is 0. The zero-order chi connectivity index (χ0) is 15.9. The molecule has 0 atom stereocenters. The molecule has 4 rings (SSSR count). The molecular formula is C18H17NO2S2. The topological polar surface area (TPSA) is 37.4 Å². The molecule has 1 fully saturated rings. The molecule has 5 heteroatoms. The van der Waals surface area contributed by atoms with Crippen LogP contribution in [-0.4, -0.2) is 18.8 Å². The van der Waals surface area contributed by atoms with Crippen LogP contribution in [0.15, 0.2) is 64.2 Å². The third-order valence-corrected chi connectivity index (χ3v) is 6.83. The van der Waals surface area contributed by atoms with E-state index >= 15 is 0 Å². The second kappa shape index (κ2) is 5.74. The van der Waals surface area contributed by atoms with Crippen LogP contribution >= 0.6 is 11.3 Å². The molecule has 3 nitrogen and oxygen atoms in total. The van der Waals surface area contributed by atoms with Gasteiger partial charge in [0.1, 0.15) is 0 Å². The van der Waals surface area contributed by atoms with Gasteiger partial charge in [-0.05, 0) is 58.1 Å². The summed E-state index contributed by atoms with van der Waals surface area (Å²) in [5.74, 6) is 0. The predicted octanol–water partition coefficient (Wildman–Crippen LogP) is 4.25. The lowest BCUT2D eigenvalue weighted by atomic mass is 10.1. The average Bonchev–Trinajstić information content (AvgIpc) is 3.27. The highest BCUT2D eigenvalue weighted by Crippen LogP contribution is 2.34. The van der Waals surface area contributed by atoms with Crippen molar-refractivity contribution in [2.45, 2.75) is 30.3 Å². The molecule has 0 radical (unpaired) electrons. The van der Waals surface area contributed by atoms with Crippen molar-refractivity contribution in [1.29, 1.82) is 0 Å². The Morgan fingerprint density at radius 3 is 2.52 bits per heavy atom. The highest BCUT2D eigenvalue weighted by atomic mass is 32.2. The second-order valence-corrected chi connectivity index (χ2v) is 8.59. The van der Waals surface area contributed by atoms with E-state index in [0.29, 0.717) is 11.4 Å². The van der Waals surface area contributed by atoms with Gasteiger partial charge >= 0.3 is 0 Å². The number of sulfonamides is 1. The van der Waals surface area contributed by atoms with Crippen LogP contribution < -0.4 is 0 Å². The second-order valence-electron chi connectivity index (χ2n) is 5.92. The van der Waals surface area contributed by atoms with Crippen LogP contribution in [0.1, 0.15) is 18.4 Å². The summed E-state index contributed by atoms with van der Waals surface area (Å²) in [6, 6.07) is 15.4. The van der Waals surface area contributed by atoms with Crippen molar-refractivity contribution >= 4 is 32.1 Å². The highest BCUT2D eigenvalue weighted by molar-refractivity contribution is 7.89. The van der Waals surface area contributed by atoms with Gasteiger partial charge in [-0.25, -0.2) is 8.42 Å². The molecule has 0 saturated heterocycles. The summed E-state index contributed by atoms with van der Waals surface area (Å²) in [5.41, 5.74) is 1.06. The maximum absolute atomic E-state index is 13.1. The van der Waals surface area contributed by atoms with Crippen LogP contribution in [0.5, 0.6) is 0 Å². The first-order chi connectivity index (χ1) is 11.1. The fraction of sp³-hybridized carbons (Fsp3) is 0.222. The molecule has 1 aliphatic rings. The number of benzene rings is 2. The maximum atomic E-state index is 13.1. The van der Waals surface area contributed by atoms with Crippen LogP contribution in [0.25, 0.3) is 10.8 Å². The molecular weight excluding hydrogens is 326 g/mol. The Morgan fingerprint density at radius 2 is 1.83 bits per heavy atom. The first-order valence-corrected chi connectivity index (χ1v) is 10.0. The molecule has 0 N–H and O–H groups in total. The molecule has 0 unspecified atom stereocenters. The van der Waals surface area contributed by atoms with Gasteiger partial charge < -0.3 is 0 Å². The molecule has 0 aliphatic heterocycles. The molecule has 1 aliphatic carbocycles. The highest BCUT2D eigenvalue weighted by Gasteiger charge is 2.38. The van der Waals surface area contributed by atoms with Gasteiger partial charge in [-0.3, -0.25) is 0 Å². The minimum atomic E-state index is -3.47. The van der Waals surface area contributed by atoms with Crippen molar-refractivity contribution in [2.24, 2.45) is 0 Å². The number of rotatable bonds is 5. The fourth-order valence-electron chi connectivity index (χ4n) is 2.80. The van der Waals surface area contributed by atoms with E-state index < -0.39 is 10.0 Å². The van der Waals surface area contributed by atoms with Gasteiger partial charge in [0.25, 0.3) is 0 Å². The van der Waals surface area contributed by atoms with Crippen molar-refractivity contribution in [3.05, 3.63) is 64.9 Å². The lowest BCUT2D eigenvalue weighted by Gasteiger charge is -2.21. The Bertz CT molecular complexity index is 929. The van der Waals surface area contributed by atoms with Gasteiger partial charge in [-0.2, -0.15) is 15.6 Å². The summed E-state index contributed by atoms with van der Waals surface area (Å²) in [5, 5.41) is 6.02. The van der Waals surface area contributed by atoms with Gasteiger partial charge in [-0.15, -0.1) is 0 Å². The molecule has 1 saturated carbocycles. The van der Waals surface area contributed by atoms with Gasteiger partial charge in [0.15, 0.2) is 0 Å².